The number of oxazole rings is 1. The Morgan fingerprint density at radius 2 is 1.82 bits per heavy atom. The summed E-state index contributed by atoms with van der Waals surface area (Å²) in [6.45, 7) is 13.4. The number of fused-ring (bicyclic) bond motifs is 2. The van der Waals surface area contributed by atoms with Crippen LogP contribution in [0.25, 0.3) is 22.3 Å². The summed E-state index contributed by atoms with van der Waals surface area (Å²) >= 11 is 6.80. The SMILES string of the molecule is C=C[C@@H]1C[C@]1(CC(=O)C1C[C@@H](Oc2cc(-c3coc(NC(C)C)n3)nc3c(Cl)c(OC)ccc23)CN1C(=O)[C@@H](CC(=O)OC1C[C@@H]2C[C@@H]2C1)C(C)(C)C)C(=O)O. The van der Waals surface area contributed by atoms with Crippen molar-refractivity contribution in [3.63, 3.8) is 0 Å². The number of rotatable bonds is 15. The zero-order chi connectivity index (χ0) is 40.3. The Morgan fingerprint density at radius 3 is 2.45 bits per heavy atom. The van der Waals surface area contributed by atoms with Crippen molar-refractivity contribution in [1.82, 2.24) is 14.9 Å². The molecule has 3 aromatic rings. The van der Waals surface area contributed by atoms with E-state index in [0.29, 0.717) is 58.1 Å². The van der Waals surface area contributed by atoms with Gasteiger partial charge < -0.3 is 34.0 Å². The average molecular weight is 791 g/mol. The number of anilines is 1. The molecule has 1 aromatic carbocycles. The van der Waals surface area contributed by atoms with Crippen molar-refractivity contribution in [3.8, 4) is 22.9 Å². The van der Waals surface area contributed by atoms with Crippen molar-refractivity contribution in [2.75, 3.05) is 19.0 Å². The van der Waals surface area contributed by atoms with E-state index in [1.165, 1.54) is 24.7 Å². The maximum atomic E-state index is 14.7. The number of esters is 1. The number of ketones is 1. The summed E-state index contributed by atoms with van der Waals surface area (Å²) < 4.78 is 23.7. The number of carbonyl (C=O) groups excluding carboxylic acids is 3. The number of halogens is 1. The fourth-order valence-corrected chi connectivity index (χ4v) is 8.91. The molecule has 3 saturated carbocycles. The Hall–Kier alpha value is -4.65. The molecule has 2 unspecified atom stereocenters. The number of ether oxygens (including phenoxy) is 3. The lowest BCUT2D eigenvalue weighted by atomic mass is 9.77. The van der Waals surface area contributed by atoms with Crippen molar-refractivity contribution < 1.29 is 42.9 Å². The molecular weight excluding hydrogens is 740 g/mol. The minimum Gasteiger partial charge on any atom is -0.495 e. The summed E-state index contributed by atoms with van der Waals surface area (Å²) in [6, 6.07) is 4.58. The first kappa shape index (κ1) is 39.6. The van der Waals surface area contributed by atoms with E-state index in [1.807, 2.05) is 34.6 Å². The molecule has 0 bridgehead atoms. The second kappa shape index (κ2) is 15.0. The molecule has 56 heavy (non-hydrogen) atoms. The highest BCUT2D eigenvalue weighted by Gasteiger charge is 2.61. The number of carboxylic acid groups (broad SMARTS) is 1. The number of carboxylic acids is 1. The molecule has 14 heteroatoms. The molecule has 2 aromatic heterocycles. The number of carbonyl (C=O) groups is 4. The van der Waals surface area contributed by atoms with Crippen LogP contribution in [-0.4, -0.2) is 81.5 Å². The lowest BCUT2D eigenvalue weighted by molar-refractivity contribution is -0.157. The van der Waals surface area contributed by atoms with Gasteiger partial charge in [0.15, 0.2) is 5.78 Å². The number of methoxy groups -OCH3 is 1. The second-order valence-electron chi connectivity index (χ2n) is 17.4. The largest absolute Gasteiger partial charge is 0.495 e. The van der Waals surface area contributed by atoms with Crippen LogP contribution in [0.1, 0.15) is 79.6 Å². The van der Waals surface area contributed by atoms with Crippen LogP contribution in [0.2, 0.25) is 5.02 Å². The molecule has 1 saturated heterocycles. The van der Waals surface area contributed by atoms with Crippen molar-refractivity contribution >= 4 is 52.1 Å². The lowest BCUT2D eigenvalue weighted by Crippen LogP contribution is -2.48. The van der Waals surface area contributed by atoms with E-state index < -0.39 is 40.8 Å². The zero-order valence-corrected chi connectivity index (χ0v) is 33.6. The van der Waals surface area contributed by atoms with E-state index in [9.17, 15) is 24.3 Å². The fourth-order valence-electron chi connectivity index (χ4n) is 8.63. The second-order valence-corrected chi connectivity index (χ2v) is 17.8. The topological polar surface area (TPSA) is 170 Å². The van der Waals surface area contributed by atoms with E-state index in [1.54, 1.807) is 24.3 Å². The molecule has 0 spiro atoms. The van der Waals surface area contributed by atoms with E-state index >= 15 is 0 Å². The van der Waals surface area contributed by atoms with Crippen LogP contribution in [0.3, 0.4) is 0 Å². The number of amides is 1. The van der Waals surface area contributed by atoms with E-state index in [4.69, 9.17) is 35.2 Å². The molecule has 4 aliphatic rings. The summed E-state index contributed by atoms with van der Waals surface area (Å²) in [5.74, 6) is -1.38. The van der Waals surface area contributed by atoms with Gasteiger partial charge in [0.2, 0.25) is 5.91 Å². The smallest absolute Gasteiger partial charge is 0.310 e. The maximum absolute atomic E-state index is 14.7. The number of hydrogen-bond donors (Lipinski definition) is 2. The summed E-state index contributed by atoms with van der Waals surface area (Å²) in [5.41, 5.74) is -0.726. The summed E-state index contributed by atoms with van der Waals surface area (Å²) in [5, 5.41) is 14.1. The Kier molecular flexibility index (Phi) is 10.6. The molecule has 1 amide bonds. The first-order valence-corrected chi connectivity index (χ1v) is 19.8. The fraction of sp³-hybridized carbons (Fsp3) is 0.571. The van der Waals surface area contributed by atoms with Crippen LogP contribution in [0.15, 0.2) is 41.5 Å². The number of likely N-dealkylation sites (tertiary alicyclic amines) is 1. The number of hydrogen-bond acceptors (Lipinski definition) is 11. The highest BCUT2D eigenvalue weighted by Crippen LogP contribution is 2.57. The number of aliphatic carboxylic acids is 1. The molecule has 0 radical (unpaired) electrons. The van der Waals surface area contributed by atoms with Gasteiger partial charge in [-0.2, -0.15) is 4.98 Å². The van der Waals surface area contributed by atoms with Crippen LogP contribution < -0.4 is 14.8 Å². The number of allylic oxidation sites excluding steroid dienone is 1. The molecule has 7 rings (SSSR count). The van der Waals surface area contributed by atoms with E-state index in [2.05, 4.69) is 16.9 Å². The first-order valence-electron chi connectivity index (χ1n) is 19.5. The van der Waals surface area contributed by atoms with Gasteiger partial charge in [0.25, 0.3) is 6.01 Å². The predicted molar refractivity (Wildman–Crippen MR) is 208 cm³/mol. The molecule has 3 heterocycles. The van der Waals surface area contributed by atoms with Crippen molar-refractivity contribution in [2.45, 2.75) is 104 Å². The van der Waals surface area contributed by atoms with Crippen molar-refractivity contribution in [2.24, 2.45) is 34.5 Å². The third-order valence-corrected chi connectivity index (χ3v) is 12.4. The number of nitrogens with one attached hydrogen (secondary N) is 1. The van der Waals surface area contributed by atoms with Gasteiger partial charge in [-0.3, -0.25) is 19.2 Å². The van der Waals surface area contributed by atoms with Gasteiger partial charge in [-0.25, -0.2) is 4.98 Å². The minimum absolute atomic E-state index is 0.0171. The minimum atomic E-state index is -1.27. The molecule has 4 fully saturated rings. The number of pyridine rings is 1. The van der Waals surface area contributed by atoms with E-state index in [-0.39, 0.29) is 60.6 Å². The Balaban J connectivity index is 1.20. The molecule has 2 N–H and O–H groups in total. The highest BCUT2D eigenvalue weighted by atomic mass is 35.5. The Labute approximate surface area is 331 Å². The summed E-state index contributed by atoms with van der Waals surface area (Å²) in [6.07, 6.45) is 5.12. The number of nitrogens with zero attached hydrogens (tertiary/aromatic N) is 3. The monoisotopic (exact) mass is 790 g/mol. The number of Topliss-reactive ketones (excluding diaryl/α,β-unsaturated/α-hetero) is 1. The zero-order valence-electron chi connectivity index (χ0n) is 32.8. The molecular formula is C42H51ClN4O9. The van der Waals surface area contributed by atoms with Crippen LogP contribution in [0, 0.1) is 34.5 Å². The molecule has 3 aliphatic carbocycles. The van der Waals surface area contributed by atoms with Gasteiger partial charge in [0, 0.05) is 30.3 Å². The molecule has 13 nitrogen and oxygen atoms in total. The average Bonchev–Trinajstić information content (AvgIpc) is 3.80. The first-order chi connectivity index (χ1) is 26.5. The van der Waals surface area contributed by atoms with Crippen molar-refractivity contribution in [1.29, 1.82) is 0 Å². The van der Waals surface area contributed by atoms with Crippen molar-refractivity contribution in [3.05, 3.63) is 42.1 Å². The third-order valence-electron chi connectivity index (χ3n) is 12.0. The number of benzene rings is 1. The van der Waals surface area contributed by atoms with E-state index in [0.717, 1.165) is 12.8 Å². The maximum Gasteiger partial charge on any atom is 0.310 e. The van der Waals surface area contributed by atoms with Crippen LogP contribution in [-0.2, 0) is 23.9 Å². The quantitative estimate of drug-likeness (QED) is 0.116. The molecule has 1 aliphatic heterocycles. The van der Waals surface area contributed by atoms with Gasteiger partial charge in [-0.05, 0) is 74.8 Å². The predicted octanol–water partition coefficient (Wildman–Crippen LogP) is 7.35. The van der Waals surface area contributed by atoms with Crippen LogP contribution in [0.5, 0.6) is 11.5 Å². The van der Waals surface area contributed by atoms with Gasteiger partial charge in [-0.1, -0.05) is 38.4 Å². The summed E-state index contributed by atoms with van der Waals surface area (Å²) in [7, 11) is 1.51. The normalized spacial score (nSPS) is 27.1. The van der Waals surface area contributed by atoms with Crippen LogP contribution in [0.4, 0.5) is 6.01 Å². The standard InChI is InChI=1S/C42H51ClN4O9/c1-8-24-17-42(24,39(51)52)18-32(48)31-14-26(19-47(31)38(50)28(41(4,5)6)15-35(49)56-25-12-22-11-23(22)13-25)55-34-16-29(30-20-54-40(46-30)44-21(2)3)45-37-27(34)9-10-33(53-7)36(37)43/h8-10,16,20-26,28,31H,1,11-15,17-19H2,2-7H3,(H,44,46)(H,51,52)/t22-,23+,24-,25?,26-,28-,31?,42-/m1/s1. The van der Waals surface area contributed by atoms with Crippen LogP contribution >= 0.6 is 11.6 Å². The highest BCUT2D eigenvalue weighted by molar-refractivity contribution is 6.36. The third kappa shape index (κ3) is 7.83. The molecule has 300 valence electrons. The van der Waals surface area contributed by atoms with Gasteiger partial charge in [0.1, 0.15) is 40.7 Å². The van der Waals surface area contributed by atoms with Gasteiger partial charge in [-0.15, -0.1) is 6.58 Å². The lowest BCUT2D eigenvalue weighted by Gasteiger charge is -2.35. The summed E-state index contributed by atoms with van der Waals surface area (Å²) in [4.78, 5) is 65.7. The Bertz CT molecular complexity index is 2050. The van der Waals surface area contributed by atoms with Gasteiger partial charge in [0.05, 0.1) is 48.7 Å². The Morgan fingerprint density at radius 1 is 1.09 bits per heavy atom. The van der Waals surface area contributed by atoms with Gasteiger partial charge >= 0.3 is 11.9 Å². The number of aromatic nitrogens is 2. The molecule has 8 atom stereocenters.